The van der Waals surface area contributed by atoms with Crippen LogP contribution in [0.1, 0.15) is 44.1 Å². The molecule has 1 saturated carbocycles. The lowest BCUT2D eigenvalue weighted by molar-refractivity contribution is 0.0914. The second-order valence-corrected chi connectivity index (χ2v) is 6.95. The first-order valence-corrected chi connectivity index (χ1v) is 7.94. The van der Waals surface area contributed by atoms with E-state index in [1.165, 1.54) is 0 Å². The van der Waals surface area contributed by atoms with E-state index < -0.39 is 0 Å². The summed E-state index contributed by atoms with van der Waals surface area (Å²) in [7, 11) is 0. The van der Waals surface area contributed by atoms with E-state index in [0.717, 1.165) is 18.4 Å². The van der Waals surface area contributed by atoms with Crippen LogP contribution < -0.4 is 10.6 Å². The van der Waals surface area contributed by atoms with Gasteiger partial charge in [0.05, 0.1) is 0 Å². The van der Waals surface area contributed by atoms with Crippen LogP contribution in [0.2, 0.25) is 0 Å². The van der Waals surface area contributed by atoms with Gasteiger partial charge in [-0.15, -0.1) is 0 Å². The van der Waals surface area contributed by atoms with E-state index in [9.17, 15) is 4.79 Å². The molecule has 120 valence electrons. The van der Waals surface area contributed by atoms with Crippen LogP contribution in [0.4, 0.5) is 5.82 Å². The van der Waals surface area contributed by atoms with Crippen LogP contribution in [0, 0.1) is 0 Å². The third kappa shape index (κ3) is 4.28. The molecule has 23 heavy (non-hydrogen) atoms. The third-order valence-corrected chi connectivity index (χ3v) is 3.41. The van der Waals surface area contributed by atoms with Crippen molar-refractivity contribution in [1.29, 1.82) is 0 Å². The molecule has 3 rings (SSSR count). The van der Waals surface area contributed by atoms with Gasteiger partial charge in [-0.05, 0) is 33.6 Å². The molecule has 0 aliphatic heterocycles. The highest BCUT2D eigenvalue weighted by Gasteiger charge is 2.23. The Hall–Kier alpha value is -2.43. The first kappa shape index (κ1) is 15.5. The molecule has 2 N–H and O–H groups in total. The number of carbonyl (C=O) groups is 1. The van der Waals surface area contributed by atoms with Crippen LogP contribution in [0.5, 0.6) is 0 Å². The maximum atomic E-state index is 12.5. The number of anilines is 1. The largest absolute Gasteiger partial charge is 0.367 e. The molecule has 0 atom stereocenters. The molecule has 0 unspecified atom stereocenters. The molecular formula is C18H22N4O. The van der Waals surface area contributed by atoms with E-state index in [1.807, 2.05) is 51.1 Å². The fourth-order valence-electron chi connectivity index (χ4n) is 2.20. The number of aromatic nitrogens is 2. The van der Waals surface area contributed by atoms with E-state index in [4.69, 9.17) is 0 Å². The summed E-state index contributed by atoms with van der Waals surface area (Å²) in [5.74, 6) is 1.09. The van der Waals surface area contributed by atoms with E-state index in [-0.39, 0.29) is 11.4 Å². The van der Waals surface area contributed by atoms with Gasteiger partial charge >= 0.3 is 0 Å². The third-order valence-electron chi connectivity index (χ3n) is 3.41. The summed E-state index contributed by atoms with van der Waals surface area (Å²) in [6.45, 7) is 5.86. The Balaban J connectivity index is 1.95. The number of hydrogen-bond donors (Lipinski definition) is 2. The van der Waals surface area contributed by atoms with Gasteiger partial charge in [0.1, 0.15) is 11.5 Å². The molecule has 2 aromatic rings. The number of benzene rings is 1. The van der Waals surface area contributed by atoms with E-state index in [0.29, 0.717) is 23.4 Å². The molecular weight excluding hydrogens is 288 g/mol. The molecule has 1 aromatic heterocycles. The van der Waals surface area contributed by atoms with Gasteiger partial charge in [0.25, 0.3) is 5.91 Å². The van der Waals surface area contributed by atoms with Crippen molar-refractivity contribution in [2.75, 3.05) is 5.32 Å². The lowest BCUT2D eigenvalue weighted by Crippen LogP contribution is -2.41. The molecule has 1 fully saturated rings. The van der Waals surface area contributed by atoms with E-state index >= 15 is 0 Å². The first-order chi connectivity index (χ1) is 10.9. The lowest BCUT2D eigenvalue weighted by atomic mass is 10.1. The quantitative estimate of drug-likeness (QED) is 0.909. The minimum Gasteiger partial charge on any atom is -0.367 e. The van der Waals surface area contributed by atoms with Crippen molar-refractivity contribution >= 4 is 11.7 Å². The molecule has 5 nitrogen and oxygen atoms in total. The highest BCUT2D eigenvalue weighted by atomic mass is 16.2. The molecule has 0 bridgehead atoms. The smallest absolute Gasteiger partial charge is 0.270 e. The van der Waals surface area contributed by atoms with Gasteiger partial charge in [0.15, 0.2) is 5.82 Å². The zero-order valence-electron chi connectivity index (χ0n) is 13.8. The normalized spacial score (nSPS) is 14.4. The van der Waals surface area contributed by atoms with Gasteiger partial charge in [-0.1, -0.05) is 30.3 Å². The van der Waals surface area contributed by atoms with E-state index in [2.05, 4.69) is 20.6 Å². The van der Waals surface area contributed by atoms with Crippen LogP contribution in [-0.4, -0.2) is 27.5 Å². The van der Waals surface area contributed by atoms with Crippen LogP contribution in [-0.2, 0) is 0 Å². The Labute approximate surface area is 136 Å². The van der Waals surface area contributed by atoms with Crippen LogP contribution in [0.3, 0.4) is 0 Å². The van der Waals surface area contributed by atoms with Crippen LogP contribution in [0.15, 0.2) is 36.4 Å². The number of amides is 1. The molecule has 1 heterocycles. The molecule has 1 aliphatic carbocycles. The van der Waals surface area contributed by atoms with Crippen molar-refractivity contribution in [3.05, 3.63) is 42.1 Å². The maximum Gasteiger partial charge on any atom is 0.270 e. The predicted molar refractivity (Wildman–Crippen MR) is 91.3 cm³/mol. The number of rotatable bonds is 4. The summed E-state index contributed by atoms with van der Waals surface area (Å²) in [5.41, 5.74) is 0.979. The van der Waals surface area contributed by atoms with Crippen LogP contribution >= 0.6 is 0 Å². The Kier molecular flexibility index (Phi) is 4.03. The summed E-state index contributed by atoms with van der Waals surface area (Å²) in [6, 6.07) is 11.9. The monoisotopic (exact) mass is 310 g/mol. The maximum absolute atomic E-state index is 12.5. The predicted octanol–water partition coefficient (Wildman–Crippen LogP) is 3.25. The van der Waals surface area contributed by atoms with Gasteiger partial charge < -0.3 is 10.6 Å². The first-order valence-electron chi connectivity index (χ1n) is 7.94. The fraction of sp³-hybridized carbons (Fsp3) is 0.389. The van der Waals surface area contributed by atoms with Crippen molar-refractivity contribution < 1.29 is 4.79 Å². The van der Waals surface area contributed by atoms with Crippen molar-refractivity contribution in [2.24, 2.45) is 0 Å². The van der Waals surface area contributed by atoms with Gasteiger partial charge in [0, 0.05) is 23.2 Å². The summed E-state index contributed by atoms with van der Waals surface area (Å²) in [5, 5.41) is 6.31. The van der Waals surface area contributed by atoms with Crippen molar-refractivity contribution in [2.45, 2.75) is 45.2 Å². The Morgan fingerprint density at radius 1 is 1.13 bits per heavy atom. The fourth-order valence-corrected chi connectivity index (χ4v) is 2.20. The van der Waals surface area contributed by atoms with Crippen molar-refractivity contribution in [3.63, 3.8) is 0 Å². The Bertz CT molecular complexity index is 703. The molecule has 0 radical (unpaired) electrons. The molecule has 0 saturated heterocycles. The van der Waals surface area contributed by atoms with Gasteiger partial charge in [-0.2, -0.15) is 0 Å². The molecule has 1 amide bonds. The topological polar surface area (TPSA) is 66.9 Å². The van der Waals surface area contributed by atoms with Crippen LogP contribution in [0.25, 0.3) is 11.4 Å². The van der Waals surface area contributed by atoms with Crippen molar-refractivity contribution in [3.8, 4) is 11.4 Å². The minimum absolute atomic E-state index is 0.184. The zero-order valence-corrected chi connectivity index (χ0v) is 13.8. The van der Waals surface area contributed by atoms with Gasteiger partial charge in [-0.25, -0.2) is 9.97 Å². The van der Waals surface area contributed by atoms with E-state index in [1.54, 1.807) is 6.07 Å². The standard InChI is InChI=1S/C18H22N4O/c1-18(2,3)22-17(23)14-11-15(19-13-9-10-13)21-16(20-14)12-7-5-4-6-8-12/h4-8,11,13H,9-10H2,1-3H3,(H,22,23)(H,19,20,21). The molecule has 1 aliphatic rings. The highest BCUT2D eigenvalue weighted by Crippen LogP contribution is 2.25. The summed E-state index contributed by atoms with van der Waals surface area (Å²) >= 11 is 0. The Morgan fingerprint density at radius 3 is 2.43 bits per heavy atom. The Morgan fingerprint density at radius 2 is 1.83 bits per heavy atom. The summed E-state index contributed by atoms with van der Waals surface area (Å²) in [4.78, 5) is 21.5. The minimum atomic E-state index is -0.307. The zero-order chi connectivity index (χ0) is 16.4. The summed E-state index contributed by atoms with van der Waals surface area (Å²) in [6.07, 6.45) is 2.29. The number of nitrogens with one attached hydrogen (secondary N) is 2. The lowest BCUT2D eigenvalue weighted by Gasteiger charge is -2.20. The molecule has 1 aromatic carbocycles. The number of nitrogens with zero attached hydrogens (tertiary/aromatic N) is 2. The van der Waals surface area contributed by atoms with Gasteiger partial charge in [-0.3, -0.25) is 4.79 Å². The SMILES string of the molecule is CC(C)(C)NC(=O)c1cc(NC2CC2)nc(-c2ccccc2)n1. The number of carbonyl (C=O) groups excluding carboxylic acids is 1. The summed E-state index contributed by atoms with van der Waals surface area (Å²) < 4.78 is 0. The second kappa shape index (κ2) is 5.99. The average Bonchev–Trinajstić information content (AvgIpc) is 3.30. The highest BCUT2D eigenvalue weighted by molar-refractivity contribution is 5.93. The average molecular weight is 310 g/mol. The van der Waals surface area contributed by atoms with Crippen molar-refractivity contribution in [1.82, 2.24) is 15.3 Å². The second-order valence-electron chi connectivity index (χ2n) is 6.95. The van der Waals surface area contributed by atoms with Gasteiger partial charge in [0.2, 0.25) is 0 Å². The number of hydrogen-bond acceptors (Lipinski definition) is 4. The molecule has 5 heteroatoms. The molecule has 0 spiro atoms.